The Morgan fingerprint density at radius 2 is 1.75 bits per heavy atom. The SMILES string of the molecule is CCCOCCN(C(=O)Oc1cccc(NC(=O)N(C)C)c1)c1ccccc1. The number of para-hydroxylation sites is 1. The second kappa shape index (κ2) is 10.9. The average Bonchev–Trinajstić information content (AvgIpc) is 2.68. The Hall–Kier alpha value is -3.06. The lowest BCUT2D eigenvalue weighted by Gasteiger charge is -2.22. The lowest BCUT2D eigenvalue weighted by atomic mass is 10.3. The highest BCUT2D eigenvalue weighted by atomic mass is 16.6. The third kappa shape index (κ3) is 6.59. The fraction of sp³-hybridized carbons (Fsp3) is 0.333. The highest BCUT2D eigenvalue weighted by Crippen LogP contribution is 2.20. The summed E-state index contributed by atoms with van der Waals surface area (Å²) in [5, 5.41) is 2.73. The molecule has 0 saturated heterocycles. The number of nitrogens with one attached hydrogen (secondary N) is 1. The van der Waals surface area contributed by atoms with Crippen LogP contribution >= 0.6 is 0 Å². The van der Waals surface area contributed by atoms with Crippen molar-refractivity contribution in [3.8, 4) is 5.75 Å². The molecule has 0 saturated carbocycles. The van der Waals surface area contributed by atoms with E-state index < -0.39 is 6.09 Å². The van der Waals surface area contributed by atoms with Crippen molar-refractivity contribution in [2.24, 2.45) is 0 Å². The van der Waals surface area contributed by atoms with Crippen molar-refractivity contribution in [3.63, 3.8) is 0 Å². The van der Waals surface area contributed by atoms with Gasteiger partial charge in [0.15, 0.2) is 0 Å². The number of urea groups is 1. The molecule has 0 spiro atoms. The van der Waals surface area contributed by atoms with Gasteiger partial charge in [-0.2, -0.15) is 0 Å². The second-order valence-electron chi connectivity index (χ2n) is 6.32. The third-order valence-corrected chi connectivity index (χ3v) is 3.79. The summed E-state index contributed by atoms with van der Waals surface area (Å²) in [5.41, 5.74) is 1.27. The largest absolute Gasteiger partial charge is 0.419 e. The Morgan fingerprint density at radius 3 is 2.43 bits per heavy atom. The van der Waals surface area contributed by atoms with Crippen LogP contribution in [-0.2, 0) is 4.74 Å². The standard InChI is InChI=1S/C21H27N3O4/c1-4-14-27-15-13-24(18-10-6-5-7-11-18)21(26)28-19-12-8-9-17(16-19)22-20(25)23(2)3/h5-12,16H,4,13-15H2,1-3H3,(H,22,25). The van der Waals surface area contributed by atoms with E-state index in [0.29, 0.717) is 31.2 Å². The first kappa shape index (κ1) is 21.2. The Bertz CT molecular complexity index is 765. The van der Waals surface area contributed by atoms with Gasteiger partial charge in [0, 0.05) is 38.1 Å². The highest BCUT2D eigenvalue weighted by Gasteiger charge is 2.18. The molecular weight excluding hydrogens is 358 g/mol. The van der Waals surface area contributed by atoms with Crippen LogP contribution in [0.25, 0.3) is 0 Å². The van der Waals surface area contributed by atoms with Crippen LogP contribution in [0.1, 0.15) is 13.3 Å². The Kier molecular flexibility index (Phi) is 8.30. The molecule has 0 fully saturated rings. The molecule has 7 nitrogen and oxygen atoms in total. The molecule has 2 aromatic rings. The van der Waals surface area contributed by atoms with Gasteiger partial charge in [0.05, 0.1) is 13.2 Å². The van der Waals surface area contributed by atoms with E-state index in [2.05, 4.69) is 5.32 Å². The number of carbonyl (C=O) groups excluding carboxylic acids is 2. The van der Waals surface area contributed by atoms with Gasteiger partial charge in [-0.1, -0.05) is 31.2 Å². The van der Waals surface area contributed by atoms with Crippen molar-refractivity contribution in [3.05, 3.63) is 54.6 Å². The van der Waals surface area contributed by atoms with E-state index in [1.807, 2.05) is 37.3 Å². The molecule has 7 heteroatoms. The number of benzene rings is 2. The smallest absolute Gasteiger partial charge is 0.410 e. The summed E-state index contributed by atoms with van der Waals surface area (Å²) in [7, 11) is 3.30. The summed E-state index contributed by atoms with van der Waals surface area (Å²) in [6.45, 7) is 3.47. The Labute approximate surface area is 165 Å². The average molecular weight is 385 g/mol. The van der Waals surface area contributed by atoms with Gasteiger partial charge in [0.25, 0.3) is 0 Å². The van der Waals surface area contributed by atoms with Crippen LogP contribution in [0.2, 0.25) is 0 Å². The van der Waals surface area contributed by atoms with Crippen molar-refractivity contribution >= 4 is 23.5 Å². The minimum Gasteiger partial charge on any atom is -0.410 e. The summed E-state index contributed by atoms with van der Waals surface area (Å²) in [6.07, 6.45) is 0.406. The van der Waals surface area contributed by atoms with E-state index in [0.717, 1.165) is 12.1 Å². The molecule has 2 aromatic carbocycles. The molecule has 1 N–H and O–H groups in total. The molecular formula is C21H27N3O4. The van der Waals surface area contributed by atoms with Crippen molar-refractivity contribution in [2.75, 3.05) is 44.1 Å². The predicted molar refractivity (Wildman–Crippen MR) is 110 cm³/mol. The predicted octanol–water partition coefficient (Wildman–Crippen LogP) is 4.21. The molecule has 3 amide bonds. The van der Waals surface area contributed by atoms with Gasteiger partial charge in [-0.15, -0.1) is 0 Å². The fourth-order valence-electron chi connectivity index (χ4n) is 2.36. The molecule has 0 atom stereocenters. The number of carbonyl (C=O) groups is 2. The van der Waals surface area contributed by atoms with Gasteiger partial charge in [0.1, 0.15) is 5.75 Å². The zero-order valence-electron chi connectivity index (χ0n) is 16.6. The third-order valence-electron chi connectivity index (χ3n) is 3.79. The minimum absolute atomic E-state index is 0.262. The van der Waals surface area contributed by atoms with Crippen molar-refractivity contribution in [2.45, 2.75) is 13.3 Å². The minimum atomic E-state index is -0.512. The molecule has 0 heterocycles. The summed E-state index contributed by atoms with van der Waals surface area (Å²) in [4.78, 5) is 27.5. The van der Waals surface area contributed by atoms with Gasteiger partial charge in [0.2, 0.25) is 0 Å². The van der Waals surface area contributed by atoms with E-state index >= 15 is 0 Å². The summed E-state index contributed by atoms with van der Waals surface area (Å²) in [5.74, 6) is 0.344. The molecule has 28 heavy (non-hydrogen) atoms. The molecule has 0 aliphatic carbocycles. The second-order valence-corrected chi connectivity index (χ2v) is 6.32. The fourth-order valence-corrected chi connectivity index (χ4v) is 2.36. The maximum atomic E-state index is 12.8. The number of anilines is 2. The van der Waals surface area contributed by atoms with Crippen molar-refractivity contribution in [1.29, 1.82) is 0 Å². The molecule has 150 valence electrons. The molecule has 2 rings (SSSR count). The lowest BCUT2D eigenvalue weighted by molar-refractivity contribution is 0.139. The molecule has 0 aromatic heterocycles. The number of rotatable bonds is 8. The van der Waals surface area contributed by atoms with E-state index in [1.54, 1.807) is 38.4 Å². The van der Waals surface area contributed by atoms with Crippen molar-refractivity contribution < 1.29 is 19.1 Å². The Balaban J connectivity index is 2.08. The van der Waals surface area contributed by atoms with Crippen LogP contribution in [-0.4, -0.2) is 50.9 Å². The molecule has 0 radical (unpaired) electrons. The van der Waals surface area contributed by atoms with Crippen LogP contribution < -0.4 is 15.0 Å². The van der Waals surface area contributed by atoms with Gasteiger partial charge >= 0.3 is 12.1 Å². The van der Waals surface area contributed by atoms with Crippen LogP contribution in [0.15, 0.2) is 54.6 Å². The molecule has 0 aliphatic heterocycles. The topological polar surface area (TPSA) is 71.1 Å². The van der Waals surface area contributed by atoms with E-state index in [9.17, 15) is 9.59 Å². The number of nitrogens with zero attached hydrogens (tertiary/aromatic N) is 2. The molecule has 0 bridgehead atoms. The first-order valence-corrected chi connectivity index (χ1v) is 9.21. The van der Waals surface area contributed by atoms with Crippen LogP contribution in [0, 0.1) is 0 Å². The normalized spacial score (nSPS) is 10.2. The zero-order valence-corrected chi connectivity index (χ0v) is 16.6. The molecule has 0 aliphatic rings. The quantitative estimate of drug-likeness (QED) is 0.691. The van der Waals surface area contributed by atoms with Crippen molar-refractivity contribution in [1.82, 2.24) is 4.90 Å². The zero-order chi connectivity index (χ0) is 20.4. The number of ether oxygens (including phenoxy) is 2. The summed E-state index contributed by atoms with van der Waals surface area (Å²) < 4.78 is 11.1. The number of hydrogen-bond donors (Lipinski definition) is 1. The summed E-state index contributed by atoms with van der Waals surface area (Å²) in [6, 6.07) is 15.7. The maximum Gasteiger partial charge on any atom is 0.419 e. The van der Waals surface area contributed by atoms with E-state index in [-0.39, 0.29) is 6.03 Å². The van der Waals surface area contributed by atoms with E-state index in [4.69, 9.17) is 9.47 Å². The van der Waals surface area contributed by atoms with Gasteiger partial charge in [-0.3, -0.25) is 4.90 Å². The van der Waals surface area contributed by atoms with Gasteiger partial charge in [-0.25, -0.2) is 9.59 Å². The number of amides is 3. The van der Waals surface area contributed by atoms with Crippen LogP contribution in [0.3, 0.4) is 0 Å². The first-order chi connectivity index (χ1) is 13.5. The maximum absolute atomic E-state index is 12.8. The monoisotopic (exact) mass is 385 g/mol. The van der Waals surface area contributed by atoms with Crippen LogP contribution in [0.5, 0.6) is 5.75 Å². The molecule has 0 unspecified atom stereocenters. The number of hydrogen-bond acceptors (Lipinski definition) is 4. The lowest BCUT2D eigenvalue weighted by Crippen LogP contribution is -2.36. The summed E-state index contributed by atoms with van der Waals surface area (Å²) >= 11 is 0. The highest BCUT2D eigenvalue weighted by molar-refractivity contribution is 5.90. The van der Waals surface area contributed by atoms with Gasteiger partial charge < -0.3 is 19.7 Å². The van der Waals surface area contributed by atoms with E-state index in [1.165, 1.54) is 9.80 Å². The van der Waals surface area contributed by atoms with Gasteiger partial charge in [-0.05, 0) is 30.7 Å². The Morgan fingerprint density at radius 1 is 1.00 bits per heavy atom. The van der Waals surface area contributed by atoms with Crippen LogP contribution in [0.4, 0.5) is 21.0 Å². The first-order valence-electron chi connectivity index (χ1n) is 9.21.